The van der Waals surface area contributed by atoms with Gasteiger partial charge < -0.3 is 4.42 Å². The van der Waals surface area contributed by atoms with Crippen LogP contribution >= 0.6 is 0 Å². The van der Waals surface area contributed by atoms with Gasteiger partial charge in [0.1, 0.15) is 0 Å². The summed E-state index contributed by atoms with van der Waals surface area (Å²) in [5, 5.41) is 14.7. The van der Waals surface area contributed by atoms with Crippen LogP contribution in [0.1, 0.15) is 61.3 Å². The number of anilines is 1. The second-order valence-corrected chi connectivity index (χ2v) is 5.29. The molecule has 2 aromatic heterocycles. The van der Waals surface area contributed by atoms with Crippen LogP contribution in [0.4, 0.5) is 6.01 Å². The lowest BCUT2D eigenvalue weighted by atomic mass is 9.89. The smallest absolute Gasteiger partial charge is 0.322 e. The van der Waals surface area contributed by atoms with Crippen molar-refractivity contribution in [2.45, 2.75) is 51.5 Å². The van der Waals surface area contributed by atoms with E-state index in [9.17, 15) is 4.79 Å². The number of aromatic nitrogens is 4. The first-order chi connectivity index (χ1) is 10.3. The van der Waals surface area contributed by atoms with E-state index in [1.807, 2.05) is 6.92 Å². The minimum Gasteiger partial charge on any atom is -0.408 e. The summed E-state index contributed by atoms with van der Waals surface area (Å²) in [6.45, 7) is 2.68. The summed E-state index contributed by atoms with van der Waals surface area (Å²) in [5.41, 5.74) is 0.342. The van der Waals surface area contributed by atoms with Crippen molar-refractivity contribution in [3.8, 4) is 0 Å². The molecule has 1 aliphatic rings. The number of carbonyl (C=O) groups is 1. The van der Waals surface area contributed by atoms with Crippen LogP contribution in [0.25, 0.3) is 0 Å². The summed E-state index contributed by atoms with van der Waals surface area (Å²) < 4.78 is 7.25. The molecule has 2 heterocycles. The Bertz CT molecular complexity index is 612. The quantitative estimate of drug-likeness (QED) is 0.935. The van der Waals surface area contributed by atoms with Gasteiger partial charge in [0.05, 0.1) is 0 Å². The number of nitrogens with one attached hydrogen (secondary N) is 1. The van der Waals surface area contributed by atoms with Gasteiger partial charge in [0.15, 0.2) is 5.69 Å². The third-order valence-corrected chi connectivity index (χ3v) is 3.81. The molecule has 7 heteroatoms. The van der Waals surface area contributed by atoms with Crippen LogP contribution in [0.3, 0.4) is 0 Å². The molecule has 1 N–H and O–H groups in total. The van der Waals surface area contributed by atoms with E-state index in [1.165, 1.54) is 19.3 Å². The average molecular weight is 289 g/mol. The number of amides is 1. The van der Waals surface area contributed by atoms with Gasteiger partial charge in [-0.1, -0.05) is 24.4 Å². The van der Waals surface area contributed by atoms with Crippen molar-refractivity contribution in [1.82, 2.24) is 20.0 Å². The number of aryl methyl sites for hydroxylation is 1. The fourth-order valence-electron chi connectivity index (χ4n) is 2.62. The van der Waals surface area contributed by atoms with Gasteiger partial charge in [-0.05, 0) is 25.8 Å². The molecule has 21 heavy (non-hydrogen) atoms. The highest BCUT2D eigenvalue weighted by atomic mass is 16.4. The lowest BCUT2D eigenvalue weighted by molar-refractivity contribution is 0.101. The van der Waals surface area contributed by atoms with Gasteiger partial charge in [-0.3, -0.25) is 14.8 Å². The summed E-state index contributed by atoms with van der Waals surface area (Å²) in [5.74, 6) is 0.626. The van der Waals surface area contributed by atoms with E-state index in [1.54, 1.807) is 16.9 Å². The first-order valence-electron chi connectivity index (χ1n) is 7.44. The van der Waals surface area contributed by atoms with E-state index in [0.29, 0.717) is 17.5 Å². The summed E-state index contributed by atoms with van der Waals surface area (Å²) in [6.07, 6.45) is 7.59. The largest absolute Gasteiger partial charge is 0.408 e. The predicted molar refractivity (Wildman–Crippen MR) is 76.0 cm³/mol. The highest BCUT2D eigenvalue weighted by Gasteiger charge is 2.22. The number of rotatable bonds is 4. The SMILES string of the molecule is CCn1ccc(C(=O)Nc2nnc(C3CCCCC3)o2)n1. The predicted octanol–water partition coefficient (Wildman–Crippen LogP) is 2.59. The van der Waals surface area contributed by atoms with Crippen molar-refractivity contribution in [2.75, 3.05) is 5.32 Å². The molecule has 1 aliphatic carbocycles. The minimum atomic E-state index is -0.332. The van der Waals surface area contributed by atoms with Gasteiger partial charge in [-0.25, -0.2) is 0 Å². The molecule has 0 aliphatic heterocycles. The van der Waals surface area contributed by atoms with Crippen LogP contribution in [0.2, 0.25) is 0 Å². The van der Waals surface area contributed by atoms with Crippen LogP contribution in [-0.2, 0) is 6.54 Å². The second-order valence-electron chi connectivity index (χ2n) is 5.29. The van der Waals surface area contributed by atoms with Gasteiger partial charge in [0.25, 0.3) is 5.91 Å². The molecule has 0 atom stereocenters. The molecule has 1 fully saturated rings. The summed E-state index contributed by atoms with van der Waals surface area (Å²) >= 11 is 0. The molecule has 2 aromatic rings. The number of carbonyl (C=O) groups excluding carboxylic acids is 1. The van der Waals surface area contributed by atoms with E-state index in [0.717, 1.165) is 19.4 Å². The fourth-order valence-corrected chi connectivity index (χ4v) is 2.62. The molecule has 0 aromatic carbocycles. The van der Waals surface area contributed by atoms with E-state index >= 15 is 0 Å². The Labute approximate surface area is 122 Å². The molecule has 3 rings (SSSR count). The van der Waals surface area contributed by atoms with Gasteiger partial charge in [0, 0.05) is 18.7 Å². The summed E-state index contributed by atoms with van der Waals surface area (Å²) in [6, 6.07) is 1.81. The Morgan fingerprint density at radius 2 is 2.19 bits per heavy atom. The van der Waals surface area contributed by atoms with Gasteiger partial charge in [-0.2, -0.15) is 5.10 Å². The molecule has 0 unspecified atom stereocenters. The van der Waals surface area contributed by atoms with Crippen molar-refractivity contribution >= 4 is 11.9 Å². The zero-order valence-corrected chi connectivity index (χ0v) is 12.1. The van der Waals surface area contributed by atoms with Crippen LogP contribution < -0.4 is 5.32 Å². The summed E-state index contributed by atoms with van der Waals surface area (Å²) in [7, 11) is 0. The molecule has 0 bridgehead atoms. The zero-order chi connectivity index (χ0) is 14.7. The normalized spacial score (nSPS) is 16.0. The Hall–Kier alpha value is -2.18. The van der Waals surface area contributed by atoms with Crippen molar-refractivity contribution in [3.05, 3.63) is 23.8 Å². The van der Waals surface area contributed by atoms with E-state index < -0.39 is 0 Å². The molecule has 0 saturated heterocycles. The van der Waals surface area contributed by atoms with E-state index in [2.05, 4.69) is 20.6 Å². The number of hydrogen-bond donors (Lipinski definition) is 1. The standard InChI is InChI=1S/C14H19N5O2/c1-2-19-9-8-11(18-19)12(20)15-14-17-16-13(21-14)10-6-4-3-5-7-10/h8-10H,2-7H2,1H3,(H,15,17,20). The highest BCUT2D eigenvalue weighted by Crippen LogP contribution is 2.32. The Morgan fingerprint density at radius 3 is 2.90 bits per heavy atom. The maximum Gasteiger partial charge on any atom is 0.322 e. The number of nitrogens with zero attached hydrogens (tertiary/aromatic N) is 4. The van der Waals surface area contributed by atoms with Crippen molar-refractivity contribution in [2.24, 2.45) is 0 Å². The fraction of sp³-hybridized carbons (Fsp3) is 0.571. The molecular formula is C14H19N5O2. The minimum absolute atomic E-state index is 0.145. The zero-order valence-electron chi connectivity index (χ0n) is 12.1. The van der Waals surface area contributed by atoms with Crippen LogP contribution in [-0.4, -0.2) is 25.9 Å². The van der Waals surface area contributed by atoms with E-state index in [4.69, 9.17) is 4.42 Å². The lowest BCUT2D eigenvalue weighted by Gasteiger charge is -2.17. The Balaban J connectivity index is 1.64. The van der Waals surface area contributed by atoms with Crippen molar-refractivity contribution < 1.29 is 9.21 Å². The van der Waals surface area contributed by atoms with Crippen molar-refractivity contribution in [3.63, 3.8) is 0 Å². The van der Waals surface area contributed by atoms with Gasteiger partial charge in [-0.15, -0.1) is 5.10 Å². The second kappa shape index (κ2) is 6.07. The van der Waals surface area contributed by atoms with Crippen LogP contribution in [0, 0.1) is 0 Å². The monoisotopic (exact) mass is 289 g/mol. The summed E-state index contributed by atoms with van der Waals surface area (Å²) in [4.78, 5) is 12.0. The molecule has 0 radical (unpaired) electrons. The van der Waals surface area contributed by atoms with Crippen LogP contribution in [0.15, 0.2) is 16.7 Å². The molecule has 1 amide bonds. The Kier molecular flexibility index (Phi) is 3.98. The van der Waals surface area contributed by atoms with Gasteiger partial charge >= 0.3 is 6.01 Å². The molecular weight excluding hydrogens is 270 g/mol. The Morgan fingerprint density at radius 1 is 1.38 bits per heavy atom. The third-order valence-electron chi connectivity index (χ3n) is 3.81. The molecule has 0 spiro atoms. The number of hydrogen-bond acceptors (Lipinski definition) is 5. The molecule has 7 nitrogen and oxygen atoms in total. The third kappa shape index (κ3) is 3.12. The van der Waals surface area contributed by atoms with Gasteiger partial charge in [0.2, 0.25) is 5.89 Å². The maximum absolute atomic E-state index is 12.0. The van der Waals surface area contributed by atoms with E-state index in [-0.39, 0.29) is 11.9 Å². The lowest BCUT2D eigenvalue weighted by Crippen LogP contribution is -2.13. The maximum atomic E-state index is 12.0. The first kappa shape index (κ1) is 13.8. The van der Waals surface area contributed by atoms with Crippen LogP contribution in [0.5, 0.6) is 0 Å². The topological polar surface area (TPSA) is 85.8 Å². The first-order valence-corrected chi connectivity index (χ1v) is 7.44. The highest BCUT2D eigenvalue weighted by molar-refractivity contribution is 6.01. The molecule has 1 saturated carbocycles. The molecule has 112 valence electrons. The van der Waals surface area contributed by atoms with Crippen molar-refractivity contribution in [1.29, 1.82) is 0 Å². The average Bonchev–Trinajstić information content (AvgIpc) is 3.17.